The summed E-state index contributed by atoms with van der Waals surface area (Å²) in [5.41, 5.74) is 0. The Hall–Kier alpha value is -1.20. The number of nitrogens with zero attached hydrogens (tertiary/aromatic N) is 2. The first-order valence-corrected chi connectivity index (χ1v) is 10.6. The minimum Gasteiger partial charge on any atom is -0.379 e. The quantitative estimate of drug-likeness (QED) is 0.562. The highest BCUT2D eigenvalue weighted by Crippen LogP contribution is 2.27. The first kappa shape index (κ1) is 23.5. The van der Waals surface area contributed by atoms with Gasteiger partial charge in [0.15, 0.2) is 11.6 Å². The van der Waals surface area contributed by atoms with Gasteiger partial charge in [-0.05, 0) is 13.8 Å². The third-order valence-corrected chi connectivity index (χ3v) is 5.24. The summed E-state index contributed by atoms with van der Waals surface area (Å²) in [6.07, 6.45) is 0. The van der Waals surface area contributed by atoms with Gasteiger partial charge in [0, 0.05) is 26.2 Å². The Morgan fingerprint density at radius 2 is 1.07 bits per heavy atom. The highest BCUT2D eigenvalue weighted by Gasteiger charge is 2.40. The van der Waals surface area contributed by atoms with E-state index in [0.717, 1.165) is 65.7 Å². The van der Waals surface area contributed by atoms with Crippen LogP contribution in [0.4, 0.5) is 0 Å². The summed E-state index contributed by atoms with van der Waals surface area (Å²) >= 11 is 0. The summed E-state index contributed by atoms with van der Waals surface area (Å²) in [7, 11) is 0. The van der Waals surface area contributed by atoms with Crippen LogP contribution in [0, 0.1) is 23.7 Å². The van der Waals surface area contributed by atoms with E-state index in [0.29, 0.717) is 13.2 Å². The lowest BCUT2D eigenvalue weighted by Gasteiger charge is -2.41. The SMILES string of the molecule is CC1(OCC#CCN2CCOCC2)COC(C)(OCC#CCN2CCOCC2)CO1. The molecule has 0 aromatic rings. The van der Waals surface area contributed by atoms with Crippen LogP contribution in [0.5, 0.6) is 0 Å². The molecular formula is C22H34N2O6. The monoisotopic (exact) mass is 422 g/mol. The average Bonchev–Trinajstić information content (AvgIpc) is 2.77. The van der Waals surface area contributed by atoms with Gasteiger partial charge in [0.05, 0.1) is 39.5 Å². The van der Waals surface area contributed by atoms with Gasteiger partial charge in [-0.3, -0.25) is 9.80 Å². The molecule has 168 valence electrons. The Morgan fingerprint density at radius 1 is 0.667 bits per heavy atom. The molecule has 8 heteroatoms. The zero-order valence-corrected chi connectivity index (χ0v) is 18.2. The van der Waals surface area contributed by atoms with E-state index in [1.54, 1.807) is 0 Å². The lowest BCUT2D eigenvalue weighted by molar-refractivity contribution is -0.370. The Kier molecular flexibility index (Phi) is 9.38. The second kappa shape index (κ2) is 12.0. The Morgan fingerprint density at radius 3 is 1.43 bits per heavy atom. The molecule has 8 nitrogen and oxygen atoms in total. The maximum atomic E-state index is 5.89. The summed E-state index contributed by atoms with van der Waals surface area (Å²) in [6, 6.07) is 0. The van der Waals surface area contributed by atoms with Crippen molar-refractivity contribution in [3.05, 3.63) is 0 Å². The molecule has 0 spiro atoms. The summed E-state index contributed by atoms with van der Waals surface area (Å²) in [6.45, 7) is 13.2. The van der Waals surface area contributed by atoms with Crippen LogP contribution in [0.25, 0.3) is 0 Å². The van der Waals surface area contributed by atoms with E-state index in [4.69, 9.17) is 28.4 Å². The number of morpholine rings is 2. The normalized spacial score (nSPS) is 30.7. The third-order valence-electron chi connectivity index (χ3n) is 5.24. The van der Waals surface area contributed by atoms with Crippen molar-refractivity contribution >= 4 is 0 Å². The lowest BCUT2D eigenvalue weighted by atomic mass is 10.2. The number of hydrogen-bond donors (Lipinski definition) is 0. The van der Waals surface area contributed by atoms with Crippen molar-refractivity contribution < 1.29 is 28.4 Å². The topological polar surface area (TPSA) is 61.9 Å². The average molecular weight is 423 g/mol. The molecule has 3 rings (SSSR count). The van der Waals surface area contributed by atoms with Crippen LogP contribution in [-0.2, 0) is 28.4 Å². The second-order valence-electron chi connectivity index (χ2n) is 7.91. The van der Waals surface area contributed by atoms with E-state index in [-0.39, 0.29) is 13.2 Å². The minimum absolute atomic E-state index is 0.274. The van der Waals surface area contributed by atoms with Crippen LogP contribution in [-0.4, -0.2) is 113 Å². The molecule has 0 aromatic carbocycles. The van der Waals surface area contributed by atoms with Gasteiger partial charge in [0.2, 0.25) is 0 Å². The predicted octanol–water partition coefficient (Wildman–Crippen LogP) is 0.170. The fourth-order valence-corrected chi connectivity index (χ4v) is 3.15. The molecule has 0 radical (unpaired) electrons. The van der Waals surface area contributed by atoms with Crippen LogP contribution >= 0.6 is 0 Å². The lowest BCUT2D eigenvalue weighted by Crippen LogP contribution is -2.53. The Bertz CT molecular complexity index is 573. The van der Waals surface area contributed by atoms with Crippen LogP contribution < -0.4 is 0 Å². The van der Waals surface area contributed by atoms with E-state index in [9.17, 15) is 0 Å². The fourth-order valence-electron chi connectivity index (χ4n) is 3.15. The van der Waals surface area contributed by atoms with Crippen LogP contribution in [0.1, 0.15) is 13.8 Å². The van der Waals surface area contributed by atoms with E-state index < -0.39 is 11.6 Å². The van der Waals surface area contributed by atoms with E-state index >= 15 is 0 Å². The maximum absolute atomic E-state index is 5.89. The molecule has 0 aromatic heterocycles. The van der Waals surface area contributed by atoms with Crippen molar-refractivity contribution in [1.29, 1.82) is 0 Å². The smallest absolute Gasteiger partial charge is 0.190 e. The number of ether oxygens (including phenoxy) is 6. The van der Waals surface area contributed by atoms with Crippen molar-refractivity contribution in [2.24, 2.45) is 0 Å². The molecule has 30 heavy (non-hydrogen) atoms. The number of rotatable bonds is 6. The van der Waals surface area contributed by atoms with E-state index in [2.05, 4.69) is 33.5 Å². The molecule has 3 fully saturated rings. The molecular weight excluding hydrogens is 388 g/mol. The molecule has 0 amide bonds. The summed E-state index contributed by atoms with van der Waals surface area (Å²) in [5, 5.41) is 0. The summed E-state index contributed by atoms with van der Waals surface area (Å²) in [5.74, 6) is 10.7. The van der Waals surface area contributed by atoms with Crippen molar-refractivity contribution in [3.8, 4) is 23.7 Å². The molecule has 3 aliphatic heterocycles. The van der Waals surface area contributed by atoms with Gasteiger partial charge in [-0.2, -0.15) is 0 Å². The number of hydrogen-bond acceptors (Lipinski definition) is 8. The second-order valence-corrected chi connectivity index (χ2v) is 7.91. The zero-order chi connectivity index (χ0) is 21.1. The predicted molar refractivity (Wildman–Crippen MR) is 111 cm³/mol. The van der Waals surface area contributed by atoms with Gasteiger partial charge in [0.25, 0.3) is 0 Å². The Labute approximate surface area is 180 Å². The molecule has 0 saturated carbocycles. The molecule has 0 bridgehead atoms. The van der Waals surface area contributed by atoms with Gasteiger partial charge in [-0.1, -0.05) is 23.7 Å². The first-order chi connectivity index (χ1) is 14.6. The van der Waals surface area contributed by atoms with Crippen molar-refractivity contribution in [1.82, 2.24) is 9.80 Å². The minimum atomic E-state index is -0.821. The van der Waals surface area contributed by atoms with Gasteiger partial charge >= 0.3 is 0 Å². The van der Waals surface area contributed by atoms with Crippen molar-refractivity contribution in [2.75, 3.05) is 92.1 Å². The standard InChI is InChI=1S/C22H34N2O6/c1-21(27-13-5-3-7-23-9-15-25-16-10-23)19-30-22(2,20-29-21)28-14-6-4-8-24-11-17-26-18-12-24/h7-20H2,1-2H3. The highest BCUT2D eigenvalue weighted by molar-refractivity contribution is 5.03. The maximum Gasteiger partial charge on any atom is 0.190 e. The molecule has 0 N–H and O–H groups in total. The van der Waals surface area contributed by atoms with Gasteiger partial charge in [-0.25, -0.2) is 0 Å². The van der Waals surface area contributed by atoms with Crippen molar-refractivity contribution in [2.45, 2.75) is 25.4 Å². The highest BCUT2D eigenvalue weighted by atomic mass is 16.8. The van der Waals surface area contributed by atoms with Crippen LogP contribution in [0.3, 0.4) is 0 Å². The molecule has 2 atom stereocenters. The molecule has 0 aliphatic carbocycles. The van der Waals surface area contributed by atoms with Crippen LogP contribution in [0.15, 0.2) is 0 Å². The van der Waals surface area contributed by atoms with Crippen LogP contribution in [0.2, 0.25) is 0 Å². The zero-order valence-electron chi connectivity index (χ0n) is 18.2. The largest absolute Gasteiger partial charge is 0.379 e. The van der Waals surface area contributed by atoms with Gasteiger partial charge in [-0.15, -0.1) is 0 Å². The first-order valence-electron chi connectivity index (χ1n) is 10.6. The van der Waals surface area contributed by atoms with E-state index in [1.165, 1.54) is 0 Å². The van der Waals surface area contributed by atoms with Crippen molar-refractivity contribution in [3.63, 3.8) is 0 Å². The van der Waals surface area contributed by atoms with Gasteiger partial charge in [0.1, 0.15) is 26.4 Å². The van der Waals surface area contributed by atoms with Gasteiger partial charge < -0.3 is 28.4 Å². The molecule has 3 heterocycles. The molecule has 3 saturated heterocycles. The molecule has 3 aliphatic rings. The van der Waals surface area contributed by atoms with E-state index in [1.807, 2.05) is 13.8 Å². The molecule has 2 unspecified atom stereocenters. The fraction of sp³-hybridized carbons (Fsp3) is 0.818. The third kappa shape index (κ3) is 8.14. The summed E-state index contributed by atoms with van der Waals surface area (Å²) in [4.78, 5) is 4.54. The Balaban J connectivity index is 1.29. The summed E-state index contributed by atoms with van der Waals surface area (Å²) < 4.78 is 34.0.